The highest BCUT2D eigenvalue weighted by Crippen LogP contribution is 2.35. The molecule has 6 rings (SSSR count). The lowest BCUT2D eigenvalue weighted by Crippen LogP contribution is -2.36. The Morgan fingerprint density at radius 2 is 1.98 bits per heavy atom. The first kappa shape index (κ1) is 29.5. The van der Waals surface area contributed by atoms with Crippen molar-refractivity contribution in [2.75, 3.05) is 55.0 Å². The number of carbonyl (C=O) groups is 1. The lowest BCUT2D eigenvalue weighted by molar-refractivity contribution is -0.111. The summed E-state index contributed by atoms with van der Waals surface area (Å²) >= 11 is 1.82. The van der Waals surface area contributed by atoms with Crippen LogP contribution >= 0.6 is 11.8 Å². The van der Waals surface area contributed by atoms with Crippen LogP contribution in [0.25, 0.3) is 21.9 Å². The summed E-state index contributed by atoms with van der Waals surface area (Å²) in [5, 5.41) is 6.95. The quantitative estimate of drug-likeness (QED) is 0.121. The number of H-pyrrole nitrogens is 1. The van der Waals surface area contributed by atoms with Crippen molar-refractivity contribution in [1.82, 2.24) is 29.8 Å². The van der Waals surface area contributed by atoms with Gasteiger partial charge in [0.1, 0.15) is 30.1 Å². The predicted octanol–water partition coefficient (Wildman–Crippen LogP) is 5.17. The molecule has 5 aromatic rings. The maximum Gasteiger partial charge on any atom is 0.249 e. The Kier molecular flexibility index (Phi) is 9.92. The van der Waals surface area contributed by atoms with Crippen molar-refractivity contribution in [2.45, 2.75) is 13.0 Å². The SMILES string of the molecule is O=C(C=CCSCCCN1CCOCC1)Nc1cc2c(Nc3ccc4[nH]cnc4c3OCc3ccccc3)ncnc2cn1. The Balaban J connectivity index is 1.09. The summed E-state index contributed by atoms with van der Waals surface area (Å²) in [4.78, 5) is 35.9. The number of pyridine rings is 1. The van der Waals surface area contributed by atoms with E-state index < -0.39 is 0 Å². The number of imidazole rings is 1. The third-order valence-electron chi connectivity index (χ3n) is 7.15. The molecule has 12 heteroatoms. The van der Waals surface area contributed by atoms with Gasteiger partial charge in [-0.25, -0.2) is 19.9 Å². The summed E-state index contributed by atoms with van der Waals surface area (Å²) in [6.45, 7) is 5.16. The Bertz CT molecular complexity index is 1720. The Morgan fingerprint density at radius 1 is 1.09 bits per heavy atom. The molecule has 11 nitrogen and oxygen atoms in total. The zero-order chi connectivity index (χ0) is 30.0. The van der Waals surface area contributed by atoms with Gasteiger partial charge in [0, 0.05) is 30.3 Å². The highest BCUT2D eigenvalue weighted by atomic mass is 32.2. The number of carbonyl (C=O) groups excluding carboxylic acids is 1. The number of benzene rings is 2. The zero-order valence-electron chi connectivity index (χ0n) is 24.2. The second-order valence-electron chi connectivity index (χ2n) is 10.2. The lowest BCUT2D eigenvalue weighted by Gasteiger charge is -2.26. The first-order valence-corrected chi connectivity index (χ1v) is 15.7. The van der Waals surface area contributed by atoms with E-state index in [4.69, 9.17) is 9.47 Å². The summed E-state index contributed by atoms with van der Waals surface area (Å²) in [7, 11) is 0. The number of aromatic amines is 1. The van der Waals surface area contributed by atoms with Crippen LogP contribution in [0.2, 0.25) is 0 Å². The molecular formula is C32H34N8O3S. The molecule has 3 N–H and O–H groups in total. The van der Waals surface area contributed by atoms with Crippen LogP contribution in [0.4, 0.5) is 17.3 Å². The van der Waals surface area contributed by atoms with Crippen LogP contribution in [-0.2, 0) is 16.1 Å². The number of hydrogen-bond acceptors (Lipinski definition) is 10. The van der Waals surface area contributed by atoms with Crippen molar-refractivity contribution in [2.24, 2.45) is 0 Å². The van der Waals surface area contributed by atoms with Gasteiger partial charge in [-0.1, -0.05) is 36.4 Å². The Morgan fingerprint density at radius 3 is 2.86 bits per heavy atom. The van der Waals surface area contributed by atoms with Gasteiger partial charge in [0.2, 0.25) is 5.91 Å². The van der Waals surface area contributed by atoms with Gasteiger partial charge in [-0.3, -0.25) is 9.69 Å². The van der Waals surface area contributed by atoms with Gasteiger partial charge >= 0.3 is 0 Å². The van der Waals surface area contributed by atoms with Gasteiger partial charge in [0.25, 0.3) is 0 Å². The standard InChI is InChI=1S/C32H34N8O3S/c41-29(8-4-16-44-17-5-11-40-12-14-42-15-13-40)39-28-18-24-27(19-33-28)35-22-37-32(24)38-26-10-9-25-30(36-21-34-25)31(26)43-20-23-6-2-1-3-7-23/h1-4,6-10,18-19,21-22H,5,11-17,20H2,(H,34,36)(H,33,39,41)(H,35,37,38). The van der Waals surface area contributed by atoms with E-state index in [1.54, 1.807) is 24.7 Å². The molecule has 4 heterocycles. The Labute approximate surface area is 259 Å². The molecule has 0 saturated carbocycles. The van der Waals surface area contributed by atoms with Gasteiger partial charge in [0.15, 0.2) is 5.75 Å². The number of nitrogens with zero attached hydrogens (tertiary/aromatic N) is 5. The van der Waals surface area contributed by atoms with E-state index in [2.05, 4.69) is 40.5 Å². The molecular weight excluding hydrogens is 576 g/mol. The van der Waals surface area contributed by atoms with Crippen LogP contribution in [0.3, 0.4) is 0 Å². The number of amides is 1. The second-order valence-corrected chi connectivity index (χ2v) is 11.4. The third-order valence-corrected chi connectivity index (χ3v) is 8.15. The molecule has 2 aromatic carbocycles. The number of fused-ring (bicyclic) bond motifs is 2. The minimum Gasteiger partial charge on any atom is -0.484 e. The van der Waals surface area contributed by atoms with Crippen LogP contribution in [0.5, 0.6) is 5.75 Å². The molecule has 0 atom stereocenters. The number of rotatable bonds is 13. The van der Waals surface area contributed by atoms with Crippen LogP contribution in [0.1, 0.15) is 12.0 Å². The first-order chi connectivity index (χ1) is 21.7. The van der Waals surface area contributed by atoms with E-state index in [1.165, 1.54) is 6.33 Å². The number of aromatic nitrogens is 5. The van der Waals surface area contributed by atoms with E-state index in [1.807, 2.05) is 60.3 Å². The maximum atomic E-state index is 12.6. The average Bonchev–Trinajstić information content (AvgIpc) is 3.54. The first-order valence-electron chi connectivity index (χ1n) is 14.6. The van der Waals surface area contributed by atoms with E-state index >= 15 is 0 Å². The van der Waals surface area contributed by atoms with E-state index in [9.17, 15) is 4.79 Å². The molecule has 0 aliphatic carbocycles. The third kappa shape index (κ3) is 7.70. The normalized spacial score (nSPS) is 13.9. The van der Waals surface area contributed by atoms with E-state index in [-0.39, 0.29) is 5.91 Å². The molecule has 3 aromatic heterocycles. The molecule has 1 amide bonds. The molecule has 0 spiro atoms. The largest absolute Gasteiger partial charge is 0.484 e. The monoisotopic (exact) mass is 610 g/mol. The number of nitrogens with one attached hydrogen (secondary N) is 3. The summed E-state index contributed by atoms with van der Waals surface area (Å²) in [5.41, 5.74) is 3.95. The van der Waals surface area contributed by atoms with Crippen molar-refractivity contribution in [3.8, 4) is 5.75 Å². The minimum atomic E-state index is -0.238. The topological polar surface area (TPSA) is 130 Å². The molecule has 0 bridgehead atoms. The van der Waals surface area contributed by atoms with Crippen molar-refractivity contribution >= 4 is 56.9 Å². The molecule has 1 aliphatic heterocycles. The molecule has 1 aliphatic rings. The van der Waals surface area contributed by atoms with Crippen LogP contribution < -0.4 is 15.4 Å². The van der Waals surface area contributed by atoms with Gasteiger partial charge in [0.05, 0.1) is 42.5 Å². The summed E-state index contributed by atoms with van der Waals surface area (Å²) < 4.78 is 11.7. The number of thioether (sulfide) groups is 1. The highest BCUT2D eigenvalue weighted by Gasteiger charge is 2.15. The van der Waals surface area contributed by atoms with Crippen LogP contribution in [-0.4, -0.2) is 80.1 Å². The molecule has 226 valence electrons. The molecule has 44 heavy (non-hydrogen) atoms. The van der Waals surface area contributed by atoms with Crippen LogP contribution in [0.15, 0.2) is 79.5 Å². The summed E-state index contributed by atoms with van der Waals surface area (Å²) in [6, 6.07) is 15.6. The number of ether oxygens (including phenoxy) is 2. The number of anilines is 3. The molecule has 1 fully saturated rings. The maximum absolute atomic E-state index is 12.6. The fourth-order valence-corrected chi connectivity index (χ4v) is 5.63. The zero-order valence-corrected chi connectivity index (χ0v) is 25.1. The summed E-state index contributed by atoms with van der Waals surface area (Å²) in [6.07, 6.45) is 9.30. The van der Waals surface area contributed by atoms with Crippen molar-refractivity contribution in [1.29, 1.82) is 0 Å². The van der Waals surface area contributed by atoms with Gasteiger partial charge < -0.3 is 25.1 Å². The average molecular weight is 611 g/mol. The smallest absolute Gasteiger partial charge is 0.249 e. The number of morpholine rings is 1. The fourth-order valence-electron chi connectivity index (χ4n) is 4.90. The number of hydrogen-bond donors (Lipinski definition) is 3. The van der Waals surface area contributed by atoms with E-state index in [0.29, 0.717) is 46.1 Å². The summed E-state index contributed by atoms with van der Waals surface area (Å²) in [5.74, 6) is 3.15. The second kappa shape index (κ2) is 14.8. The van der Waals surface area contributed by atoms with Crippen LogP contribution in [0, 0.1) is 0 Å². The lowest BCUT2D eigenvalue weighted by atomic mass is 10.2. The predicted molar refractivity (Wildman–Crippen MR) is 174 cm³/mol. The van der Waals surface area contributed by atoms with Gasteiger partial charge in [-0.05, 0) is 42.5 Å². The minimum absolute atomic E-state index is 0.238. The Hall–Kier alpha value is -4.52. The molecule has 0 unspecified atom stereocenters. The van der Waals surface area contributed by atoms with Gasteiger partial charge in [-0.15, -0.1) is 0 Å². The van der Waals surface area contributed by atoms with Crippen molar-refractivity contribution in [3.05, 3.63) is 85.1 Å². The molecule has 1 saturated heterocycles. The molecule has 0 radical (unpaired) electrons. The van der Waals surface area contributed by atoms with E-state index in [0.717, 1.165) is 61.9 Å². The van der Waals surface area contributed by atoms with Gasteiger partial charge in [-0.2, -0.15) is 11.8 Å². The van der Waals surface area contributed by atoms with Crippen molar-refractivity contribution in [3.63, 3.8) is 0 Å². The van der Waals surface area contributed by atoms with Crippen molar-refractivity contribution < 1.29 is 14.3 Å². The highest BCUT2D eigenvalue weighted by molar-refractivity contribution is 7.99. The fraction of sp³-hybridized carbons (Fsp3) is 0.281.